The molecule has 1 atom stereocenters. The Morgan fingerprint density at radius 3 is 2.66 bits per heavy atom. The molecule has 4 heterocycles. The third-order valence-electron chi connectivity index (χ3n) is 7.45. The minimum Gasteiger partial charge on any atom is -0.350 e. The maximum atomic E-state index is 14.0. The molecule has 0 bridgehead atoms. The number of rotatable bonds is 5. The Balaban J connectivity index is 1.83. The number of anilines is 1. The van der Waals surface area contributed by atoms with E-state index in [1.807, 2.05) is 62.9 Å². The maximum Gasteiger partial charge on any atom is 0.355 e. The summed E-state index contributed by atoms with van der Waals surface area (Å²) >= 11 is 6.91. The summed E-state index contributed by atoms with van der Waals surface area (Å²) < 4.78 is 1.54. The summed E-state index contributed by atoms with van der Waals surface area (Å²) in [5.41, 5.74) is 4.01. The fraction of sp³-hybridized carbons (Fsp3) is 0.281. The van der Waals surface area contributed by atoms with E-state index in [0.717, 1.165) is 11.3 Å². The van der Waals surface area contributed by atoms with Gasteiger partial charge < -0.3 is 9.80 Å². The highest BCUT2D eigenvalue weighted by Gasteiger charge is 2.30. The largest absolute Gasteiger partial charge is 0.355 e. The van der Waals surface area contributed by atoms with Gasteiger partial charge in [0.15, 0.2) is 5.65 Å². The highest BCUT2D eigenvalue weighted by Crippen LogP contribution is 2.36. The molecule has 0 spiro atoms. The average molecular weight is 567 g/mol. The molecule has 3 aromatic heterocycles. The fourth-order valence-electron chi connectivity index (χ4n) is 5.42. The number of pyridine rings is 2. The molecule has 1 amide bonds. The quantitative estimate of drug-likeness (QED) is 0.246. The Morgan fingerprint density at radius 1 is 1.22 bits per heavy atom. The second-order valence-electron chi connectivity index (χ2n) is 10.5. The molecule has 0 radical (unpaired) electrons. The van der Waals surface area contributed by atoms with Crippen molar-refractivity contribution in [2.45, 2.75) is 39.7 Å². The van der Waals surface area contributed by atoms with Gasteiger partial charge in [0.2, 0.25) is 5.91 Å². The van der Waals surface area contributed by atoms with Crippen LogP contribution < -0.4 is 10.6 Å². The van der Waals surface area contributed by atoms with Gasteiger partial charge in [-0.15, -0.1) is 6.42 Å². The van der Waals surface area contributed by atoms with Crippen LogP contribution in [0.4, 0.5) is 5.82 Å². The van der Waals surface area contributed by atoms with Gasteiger partial charge >= 0.3 is 5.69 Å². The molecule has 0 saturated carbocycles. The number of amides is 1. The Hall–Kier alpha value is -4.48. The van der Waals surface area contributed by atoms with Gasteiger partial charge in [-0.25, -0.2) is 14.3 Å². The molecule has 1 aliphatic heterocycles. The number of hydrogen-bond donors (Lipinski definition) is 0. The van der Waals surface area contributed by atoms with Crippen molar-refractivity contribution in [3.05, 3.63) is 87.6 Å². The van der Waals surface area contributed by atoms with E-state index in [1.54, 1.807) is 17.2 Å². The molecule has 1 aromatic carbocycles. The van der Waals surface area contributed by atoms with Gasteiger partial charge in [-0.3, -0.25) is 9.78 Å². The van der Waals surface area contributed by atoms with Gasteiger partial charge in [-0.05, 0) is 49.6 Å². The fourth-order valence-corrected chi connectivity index (χ4v) is 5.67. The number of hydrogen-bond acceptors (Lipinski definition) is 6. The van der Waals surface area contributed by atoms with Crippen LogP contribution in [0.3, 0.4) is 0 Å². The van der Waals surface area contributed by atoms with E-state index >= 15 is 0 Å². The molecule has 0 unspecified atom stereocenters. The summed E-state index contributed by atoms with van der Waals surface area (Å²) in [4.78, 5) is 44.3. The Labute approximate surface area is 244 Å². The predicted molar refractivity (Wildman–Crippen MR) is 164 cm³/mol. The van der Waals surface area contributed by atoms with Crippen LogP contribution in [0.2, 0.25) is 5.02 Å². The second-order valence-corrected chi connectivity index (χ2v) is 10.9. The smallest absolute Gasteiger partial charge is 0.350 e. The summed E-state index contributed by atoms with van der Waals surface area (Å²) in [5, 5.41) is 0.999. The van der Waals surface area contributed by atoms with Crippen LogP contribution in [-0.2, 0) is 4.79 Å². The van der Waals surface area contributed by atoms with Crippen molar-refractivity contribution in [2.24, 2.45) is 0 Å². The zero-order chi connectivity index (χ0) is 29.4. The zero-order valence-electron chi connectivity index (χ0n) is 23.6. The van der Waals surface area contributed by atoms with Crippen molar-refractivity contribution in [1.29, 1.82) is 0 Å². The molecule has 9 heteroatoms. The molecular weight excluding hydrogens is 536 g/mol. The van der Waals surface area contributed by atoms with Crippen molar-refractivity contribution in [1.82, 2.24) is 24.4 Å². The number of terminal acetylenes is 1. The topological polar surface area (TPSA) is 84.2 Å². The third-order valence-corrected chi connectivity index (χ3v) is 7.74. The predicted octanol–water partition coefficient (Wildman–Crippen LogP) is 5.13. The van der Waals surface area contributed by atoms with Crippen LogP contribution in [0, 0.1) is 19.3 Å². The minimum absolute atomic E-state index is 0.0379. The van der Waals surface area contributed by atoms with E-state index < -0.39 is 5.69 Å². The second kappa shape index (κ2) is 11.2. The molecule has 208 valence electrons. The minimum atomic E-state index is -0.478. The molecule has 5 rings (SSSR count). The van der Waals surface area contributed by atoms with E-state index in [0.29, 0.717) is 64.0 Å². The third kappa shape index (κ3) is 4.98. The van der Waals surface area contributed by atoms with E-state index in [9.17, 15) is 9.59 Å². The van der Waals surface area contributed by atoms with Gasteiger partial charge in [0, 0.05) is 43.0 Å². The summed E-state index contributed by atoms with van der Waals surface area (Å²) in [7, 11) is 0. The highest BCUT2D eigenvalue weighted by atomic mass is 35.5. The first-order valence-electron chi connectivity index (χ1n) is 13.5. The van der Waals surface area contributed by atoms with Crippen LogP contribution in [0.5, 0.6) is 0 Å². The van der Waals surface area contributed by atoms with Crippen molar-refractivity contribution >= 4 is 34.4 Å². The molecule has 41 heavy (non-hydrogen) atoms. The number of aryl methyl sites for hydroxylation is 1. The lowest BCUT2D eigenvalue weighted by molar-refractivity contribution is -0.126. The van der Waals surface area contributed by atoms with Crippen molar-refractivity contribution in [2.75, 3.05) is 24.5 Å². The maximum absolute atomic E-state index is 14.0. The number of halogens is 1. The van der Waals surface area contributed by atoms with Gasteiger partial charge in [0.05, 0.1) is 27.5 Å². The number of piperazine rings is 1. The van der Waals surface area contributed by atoms with Crippen LogP contribution >= 0.6 is 11.6 Å². The molecule has 1 aliphatic rings. The van der Waals surface area contributed by atoms with Crippen molar-refractivity contribution in [3.8, 4) is 29.3 Å². The average Bonchev–Trinajstić information content (AvgIpc) is 2.96. The lowest BCUT2D eigenvalue weighted by Crippen LogP contribution is -2.54. The first-order valence-corrected chi connectivity index (χ1v) is 13.9. The zero-order valence-corrected chi connectivity index (χ0v) is 24.3. The van der Waals surface area contributed by atoms with Gasteiger partial charge in [-0.1, -0.05) is 56.1 Å². The SMILES string of the molecule is C#Cc1ccccc1-c1nc2c(cc1Cl)c(N1CCN(C(=O)C=C)C[C@@H]1C)nc(=O)n2-c1c(C)ccnc1C(C)C. The Kier molecular flexibility index (Phi) is 7.65. The molecule has 1 fully saturated rings. The molecule has 1 saturated heterocycles. The first kappa shape index (κ1) is 28.1. The van der Waals surface area contributed by atoms with Gasteiger partial charge in [-0.2, -0.15) is 4.98 Å². The van der Waals surface area contributed by atoms with E-state index in [1.165, 1.54) is 10.6 Å². The summed E-state index contributed by atoms with van der Waals surface area (Å²) in [6, 6.07) is 11.0. The van der Waals surface area contributed by atoms with Crippen LogP contribution in [-0.4, -0.2) is 56.0 Å². The number of fused-ring (bicyclic) bond motifs is 1. The standard InChI is InChI=1S/C32H31ClN6O2/c1-7-22-11-9-10-12-23(22)28-25(33)17-24-30(38-16-15-37(18-21(38)6)26(40)8-2)36-32(41)39(31(24)35-28)29-20(5)13-14-34-27(29)19(3)4/h1,8-14,17,19,21H,2,15-16,18H2,3-6H3/t21-/m0/s1. The van der Waals surface area contributed by atoms with Crippen molar-refractivity contribution < 1.29 is 4.79 Å². The highest BCUT2D eigenvalue weighted by molar-refractivity contribution is 6.34. The molecule has 0 aliphatic carbocycles. The molecule has 0 N–H and O–H groups in total. The molecule has 8 nitrogen and oxygen atoms in total. The number of carbonyl (C=O) groups is 1. The first-order chi connectivity index (χ1) is 19.7. The monoisotopic (exact) mass is 566 g/mol. The summed E-state index contributed by atoms with van der Waals surface area (Å²) in [5.74, 6) is 3.09. The lowest BCUT2D eigenvalue weighted by Gasteiger charge is -2.40. The van der Waals surface area contributed by atoms with Crippen LogP contribution in [0.1, 0.15) is 43.5 Å². The van der Waals surface area contributed by atoms with Crippen molar-refractivity contribution in [3.63, 3.8) is 0 Å². The number of nitrogens with zero attached hydrogens (tertiary/aromatic N) is 6. The van der Waals surface area contributed by atoms with E-state index in [-0.39, 0.29) is 17.9 Å². The lowest BCUT2D eigenvalue weighted by atomic mass is 10.0. The Bertz CT molecular complexity index is 1790. The summed E-state index contributed by atoms with van der Waals surface area (Å²) in [6.45, 7) is 13.0. The Morgan fingerprint density at radius 2 is 1.98 bits per heavy atom. The molecule has 4 aromatic rings. The number of benzene rings is 1. The molecular formula is C32H31ClN6O2. The van der Waals surface area contributed by atoms with Gasteiger partial charge in [0.1, 0.15) is 5.82 Å². The van der Waals surface area contributed by atoms with Gasteiger partial charge in [0.25, 0.3) is 0 Å². The van der Waals surface area contributed by atoms with E-state index in [2.05, 4.69) is 22.5 Å². The van der Waals surface area contributed by atoms with Crippen LogP contribution in [0.15, 0.2) is 60.0 Å². The van der Waals surface area contributed by atoms with E-state index in [4.69, 9.17) is 23.0 Å². The normalized spacial score (nSPS) is 15.3. The van der Waals surface area contributed by atoms with Crippen LogP contribution in [0.25, 0.3) is 28.0 Å². The number of aromatic nitrogens is 4. The number of carbonyl (C=O) groups excluding carboxylic acids is 1. The summed E-state index contributed by atoms with van der Waals surface area (Å²) in [6.07, 6.45) is 8.88.